The van der Waals surface area contributed by atoms with E-state index in [9.17, 15) is 18.8 Å². The van der Waals surface area contributed by atoms with Gasteiger partial charge in [0.15, 0.2) is 5.17 Å². The summed E-state index contributed by atoms with van der Waals surface area (Å²) in [4.78, 5) is 38.1. The minimum Gasteiger partial charge on any atom is -0.466 e. The Labute approximate surface area is 123 Å². The average molecular weight is 308 g/mol. The molecule has 2 amide bonds. The third-order valence-electron chi connectivity index (χ3n) is 2.41. The van der Waals surface area contributed by atoms with Crippen LogP contribution in [0.25, 0.3) is 0 Å². The molecule has 1 N–H and O–H groups in total. The van der Waals surface area contributed by atoms with Crippen molar-refractivity contribution in [2.24, 2.45) is 4.99 Å². The monoisotopic (exact) mass is 308 g/mol. The summed E-state index contributed by atoms with van der Waals surface area (Å²) in [5.74, 6) is -2.80. The highest BCUT2D eigenvalue weighted by atomic mass is 32.2. The van der Waals surface area contributed by atoms with Crippen LogP contribution in [0.4, 0.5) is 4.39 Å². The van der Waals surface area contributed by atoms with Gasteiger partial charge >= 0.3 is 5.97 Å². The SMILES string of the molecule is COC(=O)/C=C1/SC(=NC(=O)c2ccccc2F)NC1=O. The van der Waals surface area contributed by atoms with Crippen LogP contribution in [0.3, 0.4) is 0 Å². The number of hydrogen-bond acceptors (Lipinski definition) is 5. The number of nitrogens with one attached hydrogen (secondary N) is 1. The molecule has 1 aliphatic heterocycles. The number of ether oxygens (including phenoxy) is 1. The zero-order chi connectivity index (χ0) is 15.4. The summed E-state index contributed by atoms with van der Waals surface area (Å²) in [5, 5.41) is 2.28. The van der Waals surface area contributed by atoms with Crippen LogP contribution in [0.1, 0.15) is 10.4 Å². The number of amides is 2. The first-order valence-electron chi connectivity index (χ1n) is 5.67. The number of aliphatic imine (C=N–C) groups is 1. The van der Waals surface area contributed by atoms with Crippen LogP contribution < -0.4 is 5.32 Å². The van der Waals surface area contributed by atoms with E-state index in [0.717, 1.165) is 23.9 Å². The van der Waals surface area contributed by atoms with E-state index in [1.54, 1.807) is 0 Å². The first kappa shape index (κ1) is 14.9. The molecule has 0 aromatic heterocycles. The normalized spacial score (nSPS) is 17.9. The molecule has 6 nitrogen and oxygen atoms in total. The summed E-state index contributed by atoms with van der Waals surface area (Å²) in [7, 11) is 1.17. The summed E-state index contributed by atoms with van der Waals surface area (Å²) >= 11 is 0.798. The van der Waals surface area contributed by atoms with E-state index in [-0.39, 0.29) is 15.6 Å². The topological polar surface area (TPSA) is 84.8 Å². The fourth-order valence-electron chi connectivity index (χ4n) is 1.43. The van der Waals surface area contributed by atoms with Gasteiger partial charge < -0.3 is 10.1 Å². The molecule has 1 fully saturated rings. The van der Waals surface area contributed by atoms with Crippen LogP contribution in [0.2, 0.25) is 0 Å². The van der Waals surface area contributed by atoms with Gasteiger partial charge in [-0.25, -0.2) is 9.18 Å². The number of esters is 1. The van der Waals surface area contributed by atoms with E-state index in [4.69, 9.17) is 0 Å². The summed E-state index contributed by atoms with van der Waals surface area (Å²) in [6, 6.07) is 5.37. The van der Waals surface area contributed by atoms with Gasteiger partial charge in [0, 0.05) is 6.08 Å². The minimum atomic E-state index is -0.824. The molecule has 21 heavy (non-hydrogen) atoms. The van der Waals surface area contributed by atoms with E-state index in [2.05, 4.69) is 15.0 Å². The van der Waals surface area contributed by atoms with Crippen molar-refractivity contribution in [3.63, 3.8) is 0 Å². The van der Waals surface area contributed by atoms with Gasteiger partial charge in [-0.15, -0.1) is 0 Å². The van der Waals surface area contributed by atoms with E-state index in [0.29, 0.717) is 0 Å². The van der Waals surface area contributed by atoms with Crippen molar-refractivity contribution in [2.45, 2.75) is 0 Å². The first-order chi connectivity index (χ1) is 10.0. The second-order valence-electron chi connectivity index (χ2n) is 3.79. The molecule has 1 aliphatic rings. The first-order valence-corrected chi connectivity index (χ1v) is 6.49. The molecular formula is C13H9FN2O4S. The molecule has 0 spiro atoms. The lowest BCUT2D eigenvalue weighted by atomic mass is 10.2. The van der Waals surface area contributed by atoms with Gasteiger partial charge in [0.25, 0.3) is 11.8 Å². The number of hydrogen-bond donors (Lipinski definition) is 1. The van der Waals surface area contributed by atoms with Crippen molar-refractivity contribution in [1.29, 1.82) is 0 Å². The molecule has 1 saturated heterocycles. The second-order valence-corrected chi connectivity index (χ2v) is 4.82. The molecule has 0 bridgehead atoms. The van der Waals surface area contributed by atoms with Crippen molar-refractivity contribution in [2.75, 3.05) is 7.11 Å². The summed E-state index contributed by atoms with van der Waals surface area (Å²) < 4.78 is 17.8. The Hall–Kier alpha value is -2.48. The van der Waals surface area contributed by atoms with Crippen LogP contribution in [-0.2, 0) is 14.3 Å². The van der Waals surface area contributed by atoms with E-state index in [1.165, 1.54) is 25.3 Å². The number of carbonyl (C=O) groups is 3. The van der Waals surface area contributed by atoms with E-state index < -0.39 is 23.6 Å². The maximum absolute atomic E-state index is 13.4. The molecule has 1 aromatic carbocycles. The van der Waals surface area contributed by atoms with Gasteiger partial charge in [0.05, 0.1) is 17.6 Å². The molecule has 0 atom stereocenters. The number of amidine groups is 1. The molecule has 0 unspecified atom stereocenters. The lowest BCUT2D eigenvalue weighted by Crippen LogP contribution is -2.21. The van der Waals surface area contributed by atoms with Crippen molar-refractivity contribution < 1.29 is 23.5 Å². The van der Waals surface area contributed by atoms with Gasteiger partial charge in [0.2, 0.25) is 0 Å². The second kappa shape index (κ2) is 6.31. The highest BCUT2D eigenvalue weighted by molar-refractivity contribution is 8.18. The Morgan fingerprint density at radius 2 is 2.10 bits per heavy atom. The molecule has 0 saturated carbocycles. The molecule has 108 valence electrons. The smallest absolute Gasteiger partial charge is 0.331 e. The lowest BCUT2D eigenvalue weighted by Gasteiger charge is -1.98. The van der Waals surface area contributed by atoms with Crippen LogP contribution in [0.5, 0.6) is 0 Å². The van der Waals surface area contributed by atoms with Crippen molar-refractivity contribution in [1.82, 2.24) is 5.32 Å². The summed E-state index contributed by atoms with van der Waals surface area (Å²) in [5.41, 5.74) is -0.203. The van der Waals surface area contributed by atoms with E-state index in [1.807, 2.05) is 0 Å². The fraction of sp³-hybridized carbons (Fsp3) is 0.0769. The van der Waals surface area contributed by atoms with Crippen LogP contribution in [-0.4, -0.2) is 30.1 Å². The van der Waals surface area contributed by atoms with Gasteiger partial charge in [-0.05, 0) is 23.9 Å². The number of nitrogens with zero attached hydrogens (tertiary/aromatic N) is 1. The number of carbonyl (C=O) groups excluding carboxylic acids is 3. The summed E-state index contributed by atoms with van der Waals surface area (Å²) in [6.07, 6.45) is 0.982. The Morgan fingerprint density at radius 1 is 1.38 bits per heavy atom. The largest absolute Gasteiger partial charge is 0.466 e. The minimum absolute atomic E-state index is 0.0246. The van der Waals surface area contributed by atoms with Gasteiger partial charge in [-0.3, -0.25) is 9.59 Å². The van der Waals surface area contributed by atoms with Crippen LogP contribution >= 0.6 is 11.8 Å². The zero-order valence-electron chi connectivity index (χ0n) is 10.8. The van der Waals surface area contributed by atoms with E-state index >= 15 is 0 Å². The predicted molar refractivity (Wildman–Crippen MR) is 74.0 cm³/mol. The Balaban J connectivity index is 2.19. The zero-order valence-corrected chi connectivity index (χ0v) is 11.6. The number of benzene rings is 1. The Kier molecular flexibility index (Phi) is 4.49. The third kappa shape index (κ3) is 3.54. The molecule has 0 aliphatic carbocycles. The number of rotatable bonds is 2. The Morgan fingerprint density at radius 3 is 2.76 bits per heavy atom. The maximum Gasteiger partial charge on any atom is 0.331 e. The average Bonchev–Trinajstić information content (AvgIpc) is 2.78. The highest BCUT2D eigenvalue weighted by Crippen LogP contribution is 2.24. The Bertz CT molecular complexity index is 685. The molecule has 1 heterocycles. The van der Waals surface area contributed by atoms with Crippen molar-refractivity contribution in [3.05, 3.63) is 46.6 Å². The van der Waals surface area contributed by atoms with Crippen LogP contribution in [0.15, 0.2) is 40.2 Å². The highest BCUT2D eigenvalue weighted by Gasteiger charge is 2.26. The standard InChI is InChI=1S/C13H9FN2O4S/c1-20-10(17)6-9-12(19)16-13(21-9)15-11(18)7-4-2-3-5-8(7)14/h2-6H,1H3,(H,15,16,18,19)/b9-6+. The molecule has 2 rings (SSSR count). The third-order valence-corrected chi connectivity index (χ3v) is 3.32. The quantitative estimate of drug-likeness (QED) is 0.656. The predicted octanol–water partition coefficient (Wildman–Crippen LogP) is 1.24. The van der Waals surface area contributed by atoms with Gasteiger partial charge in [-0.1, -0.05) is 12.1 Å². The fourth-order valence-corrected chi connectivity index (χ4v) is 2.21. The maximum atomic E-state index is 13.4. The van der Waals surface area contributed by atoms with Gasteiger partial charge in [-0.2, -0.15) is 4.99 Å². The molecule has 8 heteroatoms. The van der Waals surface area contributed by atoms with Crippen LogP contribution in [0, 0.1) is 5.82 Å². The molecular weight excluding hydrogens is 299 g/mol. The summed E-state index contributed by atoms with van der Waals surface area (Å²) in [6.45, 7) is 0. The number of halogens is 1. The number of methoxy groups -OCH3 is 1. The number of thioether (sulfide) groups is 1. The van der Waals surface area contributed by atoms with Gasteiger partial charge in [0.1, 0.15) is 5.82 Å². The molecule has 0 radical (unpaired) electrons. The molecule has 1 aromatic rings. The lowest BCUT2D eigenvalue weighted by molar-refractivity contribution is -0.135. The van der Waals surface area contributed by atoms with Crippen molar-refractivity contribution >= 4 is 34.7 Å². The van der Waals surface area contributed by atoms with Crippen molar-refractivity contribution in [3.8, 4) is 0 Å².